The standard InChI is InChI=1S/C24H25ClF3N7/c25-19-9-15(10-29-32-19)34-11-13-4-5-14(12-34)22(13)30-24-31-23-17(3-1-2-8-35(23)33-24)16-6-7-18(26)21(28)20(16)27/h6-7,9-10,13-14,17,22H,1-5,8,11-12H2,(H,30,33)/t13-,14+,17-,22?/m1/s1. The number of nitrogens with one attached hydrogen (secondary N) is 1. The molecule has 0 spiro atoms. The maximum absolute atomic E-state index is 14.7. The SMILES string of the molecule is Fc1ccc([C@H]2CCCCn3nc(NC4[C@@H]5CC[C@H]4CN(c4cnnc(Cl)c4)C5)nc32)c(F)c1F. The molecule has 1 unspecified atom stereocenters. The number of hydrogen-bond acceptors (Lipinski definition) is 6. The summed E-state index contributed by atoms with van der Waals surface area (Å²) in [4.78, 5) is 7.05. The first kappa shape index (κ1) is 22.6. The van der Waals surface area contributed by atoms with E-state index in [2.05, 4.69) is 20.4 Å². The molecule has 1 saturated carbocycles. The molecule has 2 aromatic heterocycles. The van der Waals surface area contributed by atoms with Gasteiger partial charge in [-0.25, -0.2) is 17.9 Å². The Kier molecular flexibility index (Phi) is 5.78. The van der Waals surface area contributed by atoms with Gasteiger partial charge in [0.25, 0.3) is 0 Å². The van der Waals surface area contributed by atoms with Crippen molar-refractivity contribution in [2.45, 2.75) is 50.6 Å². The monoisotopic (exact) mass is 503 g/mol. The van der Waals surface area contributed by atoms with Gasteiger partial charge >= 0.3 is 0 Å². The number of aromatic nitrogens is 5. The van der Waals surface area contributed by atoms with Gasteiger partial charge in [0.1, 0.15) is 5.82 Å². The Bertz CT molecular complexity index is 1240. The summed E-state index contributed by atoms with van der Waals surface area (Å²) in [5.41, 5.74) is 1.10. The molecule has 1 saturated heterocycles. The van der Waals surface area contributed by atoms with E-state index in [1.807, 2.05) is 6.07 Å². The Labute approximate surface area is 205 Å². The van der Waals surface area contributed by atoms with E-state index in [-0.39, 0.29) is 11.6 Å². The van der Waals surface area contributed by atoms with Gasteiger partial charge in [-0.3, -0.25) is 0 Å². The predicted molar refractivity (Wildman–Crippen MR) is 125 cm³/mol. The van der Waals surface area contributed by atoms with E-state index in [1.165, 1.54) is 6.07 Å². The molecule has 35 heavy (non-hydrogen) atoms. The molecule has 2 bridgehead atoms. The summed E-state index contributed by atoms with van der Waals surface area (Å²) >= 11 is 6.04. The largest absolute Gasteiger partial charge is 0.369 e. The van der Waals surface area contributed by atoms with Crippen molar-refractivity contribution in [2.75, 3.05) is 23.3 Å². The van der Waals surface area contributed by atoms with Crippen LogP contribution < -0.4 is 10.2 Å². The average Bonchev–Trinajstić information content (AvgIpc) is 3.25. The average molecular weight is 504 g/mol. The van der Waals surface area contributed by atoms with Crippen LogP contribution in [0.15, 0.2) is 24.4 Å². The quantitative estimate of drug-likeness (QED) is 0.517. The van der Waals surface area contributed by atoms with Gasteiger partial charge in [-0.1, -0.05) is 24.1 Å². The van der Waals surface area contributed by atoms with Gasteiger partial charge in [0.15, 0.2) is 22.6 Å². The molecular weight excluding hydrogens is 479 g/mol. The Hall–Kier alpha value is -2.88. The Morgan fingerprint density at radius 3 is 2.57 bits per heavy atom. The Morgan fingerprint density at radius 1 is 1.00 bits per heavy atom. The first-order valence-corrected chi connectivity index (χ1v) is 12.4. The fourth-order valence-electron chi connectivity index (χ4n) is 6.00. The van der Waals surface area contributed by atoms with Gasteiger partial charge < -0.3 is 10.2 Å². The molecule has 184 valence electrons. The smallest absolute Gasteiger partial charge is 0.242 e. The second-order valence-electron chi connectivity index (χ2n) is 9.74. The van der Waals surface area contributed by atoms with E-state index in [9.17, 15) is 13.2 Å². The lowest BCUT2D eigenvalue weighted by Crippen LogP contribution is -2.48. The highest BCUT2D eigenvalue weighted by molar-refractivity contribution is 6.29. The number of halogens is 4. The van der Waals surface area contributed by atoms with Crippen LogP contribution in [-0.2, 0) is 6.54 Å². The van der Waals surface area contributed by atoms with Crippen molar-refractivity contribution in [1.82, 2.24) is 25.0 Å². The fourth-order valence-corrected chi connectivity index (χ4v) is 6.16. The van der Waals surface area contributed by atoms with Crippen molar-refractivity contribution >= 4 is 23.2 Å². The number of rotatable bonds is 4. The van der Waals surface area contributed by atoms with Crippen LogP contribution in [0.3, 0.4) is 0 Å². The van der Waals surface area contributed by atoms with Gasteiger partial charge in [-0.2, -0.15) is 10.1 Å². The Morgan fingerprint density at radius 2 is 1.80 bits per heavy atom. The summed E-state index contributed by atoms with van der Waals surface area (Å²) < 4.78 is 44.0. The molecule has 4 atom stereocenters. The van der Waals surface area contributed by atoms with E-state index < -0.39 is 23.4 Å². The molecule has 2 fully saturated rings. The van der Waals surface area contributed by atoms with E-state index in [4.69, 9.17) is 21.7 Å². The van der Waals surface area contributed by atoms with Gasteiger partial charge in [0.2, 0.25) is 5.95 Å². The number of benzene rings is 1. The van der Waals surface area contributed by atoms with Crippen molar-refractivity contribution in [3.8, 4) is 0 Å². The molecular formula is C24H25ClF3N7. The summed E-state index contributed by atoms with van der Waals surface area (Å²) in [7, 11) is 0. The van der Waals surface area contributed by atoms with Gasteiger partial charge in [-0.05, 0) is 43.6 Å². The first-order chi connectivity index (χ1) is 17.0. The molecule has 0 radical (unpaired) electrons. The van der Waals surface area contributed by atoms with E-state index in [1.54, 1.807) is 10.9 Å². The molecule has 11 heteroatoms. The topological polar surface area (TPSA) is 71.8 Å². The molecule has 7 nitrogen and oxygen atoms in total. The van der Waals surface area contributed by atoms with Crippen molar-refractivity contribution in [3.63, 3.8) is 0 Å². The minimum atomic E-state index is -1.44. The maximum atomic E-state index is 14.7. The third kappa shape index (κ3) is 4.11. The van der Waals surface area contributed by atoms with Crippen molar-refractivity contribution < 1.29 is 13.2 Å². The molecule has 1 N–H and O–H groups in total. The predicted octanol–water partition coefficient (Wildman–Crippen LogP) is 4.78. The lowest BCUT2D eigenvalue weighted by molar-refractivity contribution is 0.376. The van der Waals surface area contributed by atoms with Crippen LogP contribution in [0.25, 0.3) is 0 Å². The number of aryl methyl sites for hydroxylation is 1. The molecule has 1 aromatic carbocycles. The van der Waals surface area contributed by atoms with Crippen molar-refractivity contribution in [2.24, 2.45) is 11.8 Å². The third-order valence-electron chi connectivity index (χ3n) is 7.67. The van der Waals surface area contributed by atoms with E-state index >= 15 is 0 Å². The summed E-state index contributed by atoms with van der Waals surface area (Å²) in [6, 6.07) is 4.37. The number of nitrogens with zero attached hydrogens (tertiary/aromatic N) is 6. The molecule has 3 aromatic rings. The number of hydrogen-bond donors (Lipinski definition) is 1. The van der Waals surface area contributed by atoms with Crippen LogP contribution in [0, 0.1) is 29.3 Å². The highest BCUT2D eigenvalue weighted by atomic mass is 35.5. The van der Waals surface area contributed by atoms with Crippen LogP contribution >= 0.6 is 11.6 Å². The van der Waals surface area contributed by atoms with Crippen LogP contribution in [0.1, 0.15) is 49.4 Å². The second kappa shape index (κ2) is 8.96. The second-order valence-corrected chi connectivity index (χ2v) is 10.1. The molecule has 6 rings (SSSR count). The zero-order valence-electron chi connectivity index (χ0n) is 19.0. The van der Waals surface area contributed by atoms with Crippen LogP contribution in [-0.4, -0.2) is 44.1 Å². The number of piperidine rings is 1. The minimum absolute atomic E-state index is 0.129. The lowest BCUT2D eigenvalue weighted by Gasteiger charge is -2.39. The normalized spacial score (nSPS) is 25.9. The molecule has 1 aliphatic carbocycles. The fraction of sp³-hybridized carbons (Fsp3) is 0.500. The Balaban J connectivity index is 1.24. The molecule has 4 heterocycles. The van der Waals surface area contributed by atoms with Crippen LogP contribution in [0.2, 0.25) is 5.15 Å². The maximum Gasteiger partial charge on any atom is 0.242 e. The highest BCUT2D eigenvalue weighted by Gasteiger charge is 2.43. The zero-order chi connectivity index (χ0) is 24.1. The van der Waals surface area contributed by atoms with Gasteiger partial charge in [-0.15, -0.1) is 10.2 Å². The van der Waals surface area contributed by atoms with Gasteiger partial charge in [0, 0.05) is 43.2 Å². The van der Waals surface area contributed by atoms with Crippen LogP contribution in [0.4, 0.5) is 24.8 Å². The van der Waals surface area contributed by atoms with Gasteiger partial charge in [0.05, 0.1) is 11.9 Å². The molecule has 3 aliphatic rings. The minimum Gasteiger partial charge on any atom is -0.369 e. The van der Waals surface area contributed by atoms with E-state index in [0.717, 1.165) is 50.5 Å². The highest BCUT2D eigenvalue weighted by Crippen LogP contribution is 2.41. The summed E-state index contributed by atoms with van der Waals surface area (Å²) in [5.74, 6) is -2.32. The van der Waals surface area contributed by atoms with Crippen LogP contribution in [0.5, 0.6) is 0 Å². The van der Waals surface area contributed by atoms with E-state index in [0.29, 0.717) is 41.7 Å². The van der Waals surface area contributed by atoms with Crippen molar-refractivity contribution in [1.29, 1.82) is 0 Å². The lowest BCUT2D eigenvalue weighted by atomic mass is 9.92. The first-order valence-electron chi connectivity index (χ1n) is 12.1. The van der Waals surface area contributed by atoms with Crippen molar-refractivity contribution in [3.05, 3.63) is 58.4 Å². The number of fused-ring (bicyclic) bond motifs is 3. The zero-order valence-corrected chi connectivity index (χ0v) is 19.7. The summed E-state index contributed by atoms with van der Waals surface area (Å²) in [5, 5.41) is 16.4. The summed E-state index contributed by atoms with van der Waals surface area (Å²) in [6.07, 6.45) is 6.23. The molecule has 0 amide bonds. The number of anilines is 2. The third-order valence-corrected chi connectivity index (χ3v) is 7.85. The molecule has 2 aliphatic heterocycles. The summed E-state index contributed by atoms with van der Waals surface area (Å²) in [6.45, 7) is 2.39.